The molecule has 0 aromatic carbocycles. The van der Waals surface area contributed by atoms with Crippen LogP contribution in [-0.2, 0) is 0 Å². The number of rotatable bonds is 5. The first-order valence-corrected chi connectivity index (χ1v) is 7.63. The van der Waals surface area contributed by atoms with Crippen molar-refractivity contribution < 1.29 is 0 Å². The van der Waals surface area contributed by atoms with Gasteiger partial charge in [0.05, 0.1) is 0 Å². The van der Waals surface area contributed by atoms with Gasteiger partial charge in [-0.05, 0) is 6.04 Å². The summed E-state index contributed by atoms with van der Waals surface area (Å²) in [7, 11) is -1.21. The topological polar surface area (TPSA) is 26.0 Å². The minimum Gasteiger partial charge on any atom is -0.351 e. The fourth-order valence-corrected chi connectivity index (χ4v) is 2.17. The van der Waals surface area contributed by atoms with Crippen LogP contribution in [0.5, 0.6) is 0 Å². The van der Waals surface area contributed by atoms with Crippen LogP contribution in [0.1, 0.15) is 32.6 Å². The summed E-state index contributed by atoms with van der Waals surface area (Å²) in [5, 5.41) is 5.96. The third-order valence-corrected chi connectivity index (χ3v) is 3.32. The molecule has 2 heteroatoms. The van der Waals surface area contributed by atoms with Gasteiger partial charge < -0.3 is 5.40 Å². The van der Waals surface area contributed by atoms with Crippen LogP contribution in [0.3, 0.4) is 0 Å². The van der Waals surface area contributed by atoms with E-state index in [-0.39, 0.29) is 0 Å². The standard InChI is InChI=1S/C8H21NSi/c1-4-5-6-7-8-10(2,3)9/h4-9H2,1-3H3. The van der Waals surface area contributed by atoms with Crippen LogP contribution in [-0.4, -0.2) is 8.24 Å². The molecule has 0 aromatic rings. The van der Waals surface area contributed by atoms with E-state index in [0.29, 0.717) is 0 Å². The zero-order valence-corrected chi connectivity index (χ0v) is 8.61. The molecule has 62 valence electrons. The molecular weight excluding hydrogens is 138 g/mol. The Bertz CT molecular complexity index is 75.8. The summed E-state index contributed by atoms with van der Waals surface area (Å²) in [6.45, 7) is 6.71. The highest BCUT2D eigenvalue weighted by Gasteiger charge is 2.12. The van der Waals surface area contributed by atoms with E-state index in [1.165, 1.54) is 31.7 Å². The highest BCUT2D eigenvalue weighted by atomic mass is 28.3. The van der Waals surface area contributed by atoms with Gasteiger partial charge in [-0.1, -0.05) is 45.7 Å². The van der Waals surface area contributed by atoms with Crippen molar-refractivity contribution in [2.24, 2.45) is 5.40 Å². The van der Waals surface area contributed by atoms with E-state index in [4.69, 9.17) is 5.40 Å². The van der Waals surface area contributed by atoms with E-state index in [2.05, 4.69) is 20.0 Å². The van der Waals surface area contributed by atoms with Crippen molar-refractivity contribution >= 4 is 8.24 Å². The van der Waals surface area contributed by atoms with Crippen LogP contribution in [0.15, 0.2) is 0 Å². The minimum absolute atomic E-state index is 1.21. The first-order chi connectivity index (χ1) is 4.56. The third kappa shape index (κ3) is 8.18. The molecule has 0 aliphatic carbocycles. The number of nitrogens with two attached hydrogens (primary N) is 1. The summed E-state index contributed by atoms with van der Waals surface area (Å²) in [5.41, 5.74) is 0. The Morgan fingerprint density at radius 3 is 2.10 bits per heavy atom. The van der Waals surface area contributed by atoms with Crippen LogP contribution in [0.4, 0.5) is 0 Å². The Morgan fingerprint density at radius 1 is 1.10 bits per heavy atom. The summed E-state index contributed by atoms with van der Waals surface area (Å²) in [6, 6.07) is 1.30. The molecule has 0 radical (unpaired) electrons. The van der Waals surface area contributed by atoms with Gasteiger partial charge in [0.1, 0.15) is 8.24 Å². The molecule has 2 N–H and O–H groups in total. The van der Waals surface area contributed by atoms with Gasteiger partial charge in [0.2, 0.25) is 0 Å². The quantitative estimate of drug-likeness (QED) is 0.484. The van der Waals surface area contributed by atoms with Crippen molar-refractivity contribution in [1.82, 2.24) is 0 Å². The first-order valence-electron chi connectivity index (χ1n) is 4.35. The van der Waals surface area contributed by atoms with Crippen molar-refractivity contribution in [3.63, 3.8) is 0 Å². The third-order valence-electron chi connectivity index (χ3n) is 1.67. The van der Waals surface area contributed by atoms with Crippen molar-refractivity contribution in [3.8, 4) is 0 Å². The summed E-state index contributed by atoms with van der Waals surface area (Å²) < 4.78 is 0. The summed E-state index contributed by atoms with van der Waals surface area (Å²) in [5.74, 6) is 0. The number of unbranched alkanes of at least 4 members (excludes halogenated alkanes) is 3. The predicted molar refractivity (Wildman–Crippen MR) is 50.6 cm³/mol. The van der Waals surface area contributed by atoms with Crippen LogP contribution >= 0.6 is 0 Å². The second-order valence-electron chi connectivity index (χ2n) is 3.80. The number of hydrogen-bond donors (Lipinski definition) is 1. The van der Waals surface area contributed by atoms with Gasteiger partial charge in [0.25, 0.3) is 0 Å². The Balaban J connectivity index is 3.04. The number of hydrogen-bond acceptors (Lipinski definition) is 1. The Morgan fingerprint density at radius 2 is 1.70 bits per heavy atom. The van der Waals surface area contributed by atoms with E-state index in [9.17, 15) is 0 Å². The van der Waals surface area contributed by atoms with Crippen LogP contribution < -0.4 is 5.40 Å². The van der Waals surface area contributed by atoms with Gasteiger partial charge >= 0.3 is 0 Å². The van der Waals surface area contributed by atoms with E-state index in [1.807, 2.05) is 0 Å². The molecule has 0 amide bonds. The van der Waals surface area contributed by atoms with Gasteiger partial charge in [0.15, 0.2) is 0 Å². The SMILES string of the molecule is CCCCCC[Si](C)(C)N. The smallest absolute Gasteiger partial charge is 0.116 e. The van der Waals surface area contributed by atoms with Gasteiger partial charge in [-0.2, -0.15) is 0 Å². The Labute approximate surface area is 66.1 Å². The molecule has 0 aliphatic heterocycles. The van der Waals surface area contributed by atoms with E-state index >= 15 is 0 Å². The van der Waals surface area contributed by atoms with Crippen LogP contribution in [0.2, 0.25) is 19.1 Å². The van der Waals surface area contributed by atoms with Crippen LogP contribution in [0.25, 0.3) is 0 Å². The van der Waals surface area contributed by atoms with Crippen molar-refractivity contribution in [3.05, 3.63) is 0 Å². The molecule has 0 bridgehead atoms. The molecule has 0 aliphatic rings. The molecule has 0 fully saturated rings. The molecule has 0 atom stereocenters. The lowest BCUT2D eigenvalue weighted by molar-refractivity contribution is 0.696. The maximum absolute atomic E-state index is 5.96. The second kappa shape index (κ2) is 4.91. The molecule has 0 saturated heterocycles. The largest absolute Gasteiger partial charge is 0.351 e. The summed E-state index contributed by atoms with van der Waals surface area (Å²) in [4.78, 5) is 0. The molecule has 0 aromatic heterocycles. The van der Waals surface area contributed by atoms with E-state index < -0.39 is 8.24 Å². The second-order valence-corrected chi connectivity index (χ2v) is 8.28. The molecule has 0 saturated carbocycles. The normalized spacial score (nSPS) is 12.0. The fraction of sp³-hybridized carbons (Fsp3) is 1.00. The fourth-order valence-electron chi connectivity index (χ4n) is 1.01. The van der Waals surface area contributed by atoms with Crippen LogP contribution in [0, 0.1) is 0 Å². The lowest BCUT2D eigenvalue weighted by atomic mass is 10.2. The maximum atomic E-state index is 5.96. The van der Waals surface area contributed by atoms with E-state index in [0.717, 1.165) is 0 Å². The molecule has 1 nitrogen and oxygen atoms in total. The first kappa shape index (κ1) is 10.2. The average Bonchev–Trinajstić information content (AvgIpc) is 1.78. The lowest BCUT2D eigenvalue weighted by Crippen LogP contribution is -2.37. The van der Waals surface area contributed by atoms with Gasteiger partial charge in [-0.3, -0.25) is 0 Å². The zero-order valence-electron chi connectivity index (χ0n) is 7.61. The van der Waals surface area contributed by atoms with Gasteiger partial charge in [-0.15, -0.1) is 0 Å². The van der Waals surface area contributed by atoms with Crippen molar-refractivity contribution in [2.75, 3.05) is 0 Å². The monoisotopic (exact) mass is 159 g/mol. The minimum atomic E-state index is -1.21. The molecule has 0 unspecified atom stereocenters. The highest BCUT2D eigenvalue weighted by Crippen LogP contribution is 2.09. The average molecular weight is 159 g/mol. The van der Waals surface area contributed by atoms with Crippen molar-refractivity contribution in [2.45, 2.75) is 51.7 Å². The molecule has 10 heavy (non-hydrogen) atoms. The Kier molecular flexibility index (Phi) is 5.00. The summed E-state index contributed by atoms with van der Waals surface area (Å²) >= 11 is 0. The summed E-state index contributed by atoms with van der Waals surface area (Å²) in [6.07, 6.45) is 5.44. The molecule has 0 heterocycles. The predicted octanol–water partition coefficient (Wildman–Crippen LogP) is 2.73. The molecule has 0 spiro atoms. The molecular formula is C8H21NSi. The zero-order chi connectivity index (χ0) is 8.04. The highest BCUT2D eigenvalue weighted by molar-refractivity contribution is 6.74. The molecule has 0 rings (SSSR count). The lowest BCUT2D eigenvalue weighted by Gasteiger charge is -2.14. The van der Waals surface area contributed by atoms with E-state index in [1.54, 1.807) is 0 Å². The van der Waals surface area contributed by atoms with Gasteiger partial charge in [-0.25, -0.2) is 0 Å². The van der Waals surface area contributed by atoms with Gasteiger partial charge in [0, 0.05) is 0 Å². The maximum Gasteiger partial charge on any atom is 0.116 e. The van der Waals surface area contributed by atoms with Crippen molar-refractivity contribution in [1.29, 1.82) is 0 Å². The Hall–Kier alpha value is 0.177.